The van der Waals surface area contributed by atoms with Crippen LogP contribution >= 0.6 is 34.0 Å². The summed E-state index contributed by atoms with van der Waals surface area (Å²) in [5, 5.41) is 106. The highest BCUT2D eigenvalue weighted by molar-refractivity contribution is 7.10. The molecule has 39 nitrogen and oxygen atoms in total. The van der Waals surface area contributed by atoms with Crippen molar-refractivity contribution in [3.05, 3.63) is 190 Å². The summed E-state index contributed by atoms with van der Waals surface area (Å²) in [5.41, 5.74) is 0.999. The first-order valence-corrected chi connectivity index (χ1v) is 45.8. The Morgan fingerprint density at radius 2 is 0.667 bits per heavy atom. The largest absolute Gasteiger partial charge is 0.502 e. The third-order valence-electron chi connectivity index (χ3n) is 26.7. The van der Waals surface area contributed by atoms with Crippen molar-refractivity contribution in [2.45, 2.75) is 147 Å². The van der Waals surface area contributed by atoms with Gasteiger partial charge in [-0.3, -0.25) is 14.4 Å². The third-order valence-corrected chi connectivity index (χ3v) is 29.3. The van der Waals surface area contributed by atoms with E-state index in [1.807, 2.05) is 46.5 Å². The molecule has 0 bridgehead atoms. The van der Waals surface area contributed by atoms with Crippen LogP contribution in [0.5, 0.6) is 86.2 Å². The predicted molar refractivity (Wildman–Crippen MR) is 468 cm³/mol. The number of cyclic esters (lactones) is 3. The van der Waals surface area contributed by atoms with Crippen molar-refractivity contribution >= 4 is 51.9 Å². The second kappa shape index (κ2) is 37.6. The number of thiophene rings is 3. The summed E-state index contributed by atoms with van der Waals surface area (Å²) in [6.07, 6.45) is -26.2. The minimum atomic E-state index is -3.13. The van der Waals surface area contributed by atoms with Gasteiger partial charge in [0.1, 0.15) is 73.2 Å². The van der Waals surface area contributed by atoms with Crippen LogP contribution in [0.4, 0.5) is 0 Å². The standard InChI is InChI=1S/3C32H32O13S/c3*1-37-19-6-13(7-20(38-2)25(19)33)23-14-8-17-18(42-12-41-17)9-15(14)28(16-10-39-30(36)24(16)23)44-32-27(35)26(34)29-21(43-32)11-40-31(45-29)22-4-3-5-46-22/h3*3-9,16,21,23-24,26-29,31-35H,10-12H2,1-2H3/t3*16-,21+,23+,24-,26+,27+,28+,29+,31+,32-/m000/s1/i1D3,2D3,23D;1D3,2D3,10D2;10D2,23D. The molecule has 30 atom stereocenters. The van der Waals surface area contributed by atoms with Crippen LogP contribution in [0.1, 0.15) is 144 Å². The lowest BCUT2D eigenvalue weighted by Gasteiger charge is -2.48. The number of rotatable bonds is 18. The predicted octanol–water partition coefficient (Wildman–Crippen LogP) is 8.26. The summed E-state index contributed by atoms with van der Waals surface area (Å²) in [4.78, 5) is 43.5. The van der Waals surface area contributed by atoms with Gasteiger partial charge in [0.15, 0.2) is 107 Å². The molecule has 3 aromatic heterocycles. The van der Waals surface area contributed by atoms with Crippen molar-refractivity contribution in [1.82, 2.24) is 0 Å². The van der Waals surface area contributed by atoms with Crippen molar-refractivity contribution in [1.29, 1.82) is 0 Å². The number of aliphatic hydroxyl groups excluding tert-OH is 6. The van der Waals surface area contributed by atoms with Crippen LogP contribution in [0.25, 0.3) is 0 Å². The number of carbonyl (C=O) groups excluding carboxylic acids is 3. The number of phenols is 3. The summed E-state index contributed by atoms with van der Waals surface area (Å²) in [6.45, 7) is -6.28. The van der Waals surface area contributed by atoms with Crippen LogP contribution in [0.2, 0.25) is 0 Å². The molecule has 9 fully saturated rings. The molecule has 6 aromatic carbocycles. The zero-order valence-corrected chi connectivity index (χ0v) is 74.2. The molecule has 0 unspecified atom stereocenters. The van der Waals surface area contributed by atoms with Gasteiger partial charge in [-0.05, 0) is 157 Å². The number of phenolic OH excluding ortho intramolecular Hbond substituents is 3. The second-order valence-electron chi connectivity index (χ2n) is 34.0. The molecule has 42 heteroatoms. The van der Waals surface area contributed by atoms with E-state index in [2.05, 4.69) is 0 Å². The Labute approximate surface area is 822 Å². The number of hydrogen-bond acceptors (Lipinski definition) is 42. The fourth-order valence-electron chi connectivity index (χ4n) is 20.2. The molecule has 0 saturated carbocycles. The number of hydrogen-bond donors (Lipinski definition) is 9. The molecule has 732 valence electrons. The van der Waals surface area contributed by atoms with Crippen molar-refractivity contribution in [3.8, 4) is 86.2 Å². The summed E-state index contributed by atoms with van der Waals surface area (Å²) in [7, 11) is -9.88. The number of fused-ring (bicyclic) bond motifs is 12. The van der Waals surface area contributed by atoms with E-state index in [0.29, 0.717) is 0 Å². The van der Waals surface area contributed by atoms with Crippen LogP contribution in [0, 0.1) is 35.5 Å². The normalized spacial score (nSPS) is 38.4. The molecule has 15 aliphatic rings. The Hall–Kier alpha value is -10.9. The van der Waals surface area contributed by atoms with Crippen molar-refractivity contribution in [2.75, 3.05) is 102 Å². The number of aromatic hydroxyl groups is 3. The lowest BCUT2D eigenvalue weighted by molar-refractivity contribution is -0.368. The van der Waals surface area contributed by atoms with Gasteiger partial charge in [-0.2, -0.15) is 0 Å². The van der Waals surface area contributed by atoms with E-state index >= 15 is 0 Å². The van der Waals surface area contributed by atoms with E-state index in [-0.39, 0.29) is 149 Å². The smallest absolute Gasteiger partial charge is 0.310 e. The third kappa shape index (κ3) is 16.1. The summed E-state index contributed by atoms with van der Waals surface area (Å²) in [6, 6.07) is 26.8. The fourth-order valence-corrected chi connectivity index (χ4v) is 22.3. The van der Waals surface area contributed by atoms with E-state index < -0.39 is 276 Å². The maximum Gasteiger partial charge on any atom is 0.310 e. The SMILES string of the molecule is [2H]C([2H])([2H])Oc1cc([C@@H]2c3cc4c(cc3[C@@H](O[C@@H]3O[C@@H]5CO[C@@H](c6cccs6)O[C@H]5[C@H](O)[C@H]3O)[C@@H]3[C@@H]2C(=O)OC3([2H])[2H])OCO4)cc(OC([2H])([2H])[2H])c1O.[2H]C([2H])([2H])Oc1cc([C@]2([2H])c3cc4c(cc3[C@@H](O[C@@H]3O[C@@H]5CO[C@@H](c6cccs6)O[C@H]5[C@H](O)[C@H]3O)[C@H]3COC(=O)[C@@H]32)OCO4)cc(OC([2H])([2H])[2H])c1O.[2H]C1([2H])OC(=O)[C@H]2[C@H]1[C@H](O[C@@H]1O[C@@H]3CO[C@@H](c4cccs4)O[C@H]3[C@H](O)[C@H]1O)c1cc3c(cc1[C@@]2([2H])c1cc(OC)c(O)c(OC)c1)OCO3. The number of aliphatic hydroxyl groups is 6. The highest BCUT2D eigenvalue weighted by Gasteiger charge is 2.62. The number of methoxy groups -OCH3 is 6. The number of carbonyl (C=O) groups is 3. The molecule has 0 amide bonds. The molecule has 12 aliphatic heterocycles. The zero-order valence-electron chi connectivity index (χ0n) is 89.7. The molecule has 0 radical (unpaired) electrons. The average molecular weight is 1990 g/mol. The quantitative estimate of drug-likeness (QED) is 0.0288. The van der Waals surface area contributed by atoms with Gasteiger partial charge in [0.05, 0.1) is 155 Å². The van der Waals surface area contributed by atoms with Gasteiger partial charge in [0.2, 0.25) is 37.6 Å². The van der Waals surface area contributed by atoms with Gasteiger partial charge in [-0.15, -0.1) is 34.0 Å². The molecule has 9 aromatic rings. The summed E-state index contributed by atoms with van der Waals surface area (Å²) in [5.74, 6) is -20.8. The number of ether oxygens (including phenoxy) is 27. The average Bonchev–Trinajstić information content (AvgIpc) is 1.49. The number of esters is 3. The summed E-state index contributed by atoms with van der Waals surface area (Å²) < 4.78 is 301. The first-order valence-electron chi connectivity index (χ1n) is 52.2. The lowest BCUT2D eigenvalue weighted by atomic mass is 9.66. The minimum absolute atomic E-state index is 0.00829. The van der Waals surface area contributed by atoms with Crippen LogP contribution < -0.4 is 56.8 Å². The molecule has 24 rings (SSSR count). The zero-order chi connectivity index (χ0) is 110. The molecule has 3 aliphatic carbocycles. The van der Waals surface area contributed by atoms with Crippen molar-refractivity contribution < 1.29 is 213 Å². The van der Waals surface area contributed by atoms with Crippen LogP contribution in [0.15, 0.2) is 125 Å². The van der Waals surface area contributed by atoms with E-state index in [1.165, 1.54) is 96.8 Å². The summed E-state index contributed by atoms with van der Waals surface area (Å²) >= 11 is 4.19. The first kappa shape index (κ1) is 73.3. The first-order chi connectivity index (χ1) is 73.9. The van der Waals surface area contributed by atoms with E-state index in [1.54, 1.807) is 6.07 Å². The molecular formula is C96H96O39S3. The van der Waals surface area contributed by atoms with Crippen LogP contribution in [0.3, 0.4) is 0 Å². The molecule has 15 heterocycles. The minimum Gasteiger partial charge on any atom is -0.502 e. The Kier molecular flexibility index (Phi) is 20.0. The van der Waals surface area contributed by atoms with Gasteiger partial charge in [-0.1, -0.05) is 18.2 Å². The van der Waals surface area contributed by atoms with Crippen molar-refractivity contribution in [2.24, 2.45) is 35.5 Å². The maximum atomic E-state index is 13.8. The van der Waals surface area contributed by atoms with Gasteiger partial charge < -0.3 is 174 Å². The van der Waals surface area contributed by atoms with Gasteiger partial charge in [-0.25, -0.2) is 0 Å². The molecule has 0 spiro atoms. The van der Waals surface area contributed by atoms with E-state index in [0.717, 1.165) is 38.9 Å². The highest BCUT2D eigenvalue weighted by Crippen LogP contribution is 2.63. The van der Waals surface area contributed by atoms with Crippen LogP contribution in [-0.2, 0) is 85.4 Å². The maximum absolute atomic E-state index is 13.8. The monoisotopic (exact) mass is 1990 g/mol. The lowest BCUT2D eigenvalue weighted by Crippen LogP contribution is -2.62. The topological polar surface area (TPSA) is 482 Å². The Bertz CT molecular complexity index is 6750. The molecule has 138 heavy (non-hydrogen) atoms. The molecular weight excluding hydrogens is 1870 g/mol. The van der Waals surface area contributed by atoms with Gasteiger partial charge in [0.25, 0.3) is 0 Å². The Balaban J connectivity index is 0.000000131. The molecule has 9 N–H and O–H groups in total. The fraction of sp³-hybridized carbons (Fsp3) is 0.469. The highest BCUT2D eigenvalue weighted by atomic mass is 32.1. The van der Waals surface area contributed by atoms with Gasteiger partial charge in [0, 0.05) is 38.2 Å². The second-order valence-corrected chi connectivity index (χ2v) is 37.0. The van der Waals surface area contributed by atoms with Crippen molar-refractivity contribution in [3.63, 3.8) is 0 Å². The molecule has 9 saturated heterocycles. The Morgan fingerprint density at radius 1 is 0.355 bits per heavy atom. The van der Waals surface area contributed by atoms with E-state index in [4.69, 9.17) is 150 Å². The Morgan fingerprint density at radius 3 is 1.02 bits per heavy atom. The van der Waals surface area contributed by atoms with Gasteiger partial charge >= 0.3 is 17.9 Å². The van der Waals surface area contributed by atoms with E-state index in [9.17, 15) is 63.1 Å². The number of benzene rings is 6. The van der Waals surface area contributed by atoms with Crippen LogP contribution in [-0.4, -0.2) is 258 Å².